The van der Waals surface area contributed by atoms with Crippen LogP contribution in [0.3, 0.4) is 0 Å². The molecule has 0 aromatic heterocycles. The number of rotatable bonds is 5. The van der Waals surface area contributed by atoms with Gasteiger partial charge in [-0.2, -0.15) is 0 Å². The second-order valence-corrected chi connectivity index (χ2v) is 5.66. The van der Waals surface area contributed by atoms with Crippen LogP contribution in [0.25, 0.3) is 0 Å². The van der Waals surface area contributed by atoms with E-state index in [0.717, 1.165) is 11.1 Å². The highest BCUT2D eigenvalue weighted by Crippen LogP contribution is 2.22. The van der Waals surface area contributed by atoms with E-state index in [1.807, 2.05) is 30.3 Å². The molecule has 0 aliphatic carbocycles. The first-order valence-electron chi connectivity index (χ1n) is 7.22. The quantitative estimate of drug-likeness (QED) is 0.780. The summed E-state index contributed by atoms with van der Waals surface area (Å²) in [6, 6.07) is 16.2. The first kappa shape index (κ1) is 14.5. The molecular weight excluding hydrogens is 244 g/mol. The van der Waals surface area contributed by atoms with Crippen LogP contribution in [0.2, 0.25) is 0 Å². The molecule has 2 aromatic rings. The Morgan fingerprint density at radius 3 is 2.30 bits per heavy atom. The second kappa shape index (κ2) is 6.51. The van der Waals surface area contributed by atoms with Crippen molar-refractivity contribution in [3.63, 3.8) is 0 Å². The Kier molecular flexibility index (Phi) is 4.73. The Hall–Kier alpha value is -1.89. The van der Waals surface area contributed by atoms with Crippen LogP contribution in [0.1, 0.15) is 42.0 Å². The van der Waals surface area contributed by atoms with Crippen molar-refractivity contribution in [1.82, 2.24) is 0 Å². The molecule has 0 spiro atoms. The largest absolute Gasteiger partial charge is 0.299 e. The third kappa shape index (κ3) is 3.57. The molecule has 20 heavy (non-hydrogen) atoms. The maximum atomic E-state index is 12.2. The predicted molar refractivity (Wildman–Crippen MR) is 84.1 cm³/mol. The smallest absolute Gasteiger partial charge is 0.141 e. The lowest BCUT2D eigenvalue weighted by atomic mass is 9.91. The van der Waals surface area contributed by atoms with Crippen LogP contribution in [0, 0.1) is 6.92 Å². The minimum Gasteiger partial charge on any atom is -0.299 e. The van der Waals surface area contributed by atoms with Gasteiger partial charge in [-0.25, -0.2) is 0 Å². The second-order valence-electron chi connectivity index (χ2n) is 5.66. The van der Waals surface area contributed by atoms with Gasteiger partial charge in [-0.15, -0.1) is 0 Å². The molecule has 0 N–H and O–H groups in total. The molecule has 0 aliphatic rings. The van der Waals surface area contributed by atoms with E-state index in [2.05, 4.69) is 39.0 Å². The molecule has 0 saturated carbocycles. The molecule has 2 rings (SSSR count). The van der Waals surface area contributed by atoms with Crippen molar-refractivity contribution >= 4 is 5.78 Å². The van der Waals surface area contributed by atoms with E-state index in [1.54, 1.807) is 0 Å². The molecule has 0 atom stereocenters. The van der Waals surface area contributed by atoms with Gasteiger partial charge in [-0.1, -0.05) is 62.4 Å². The van der Waals surface area contributed by atoms with E-state index in [-0.39, 0.29) is 5.78 Å². The summed E-state index contributed by atoms with van der Waals surface area (Å²) in [6.07, 6.45) is 1.05. The van der Waals surface area contributed by atoms with Gasteiger partial charge < -0.3 is 0 Å². The summed E-state index contributed by atoms with van der Waals surface area (Å²) in [7, 11) is 0. The number of hydrogen-bond acceptors (Lipinski definition) is 1. The molecule has 104 valence electrons. The normalized spacial score (nSPS) is 10.8. The van der Waals surface area contributed by atoms with E-state index in [4.69, 9.17) is 0 Å². The van der Waals surface area contributed by atoms with E-state index in [9.17, 15) is 4.79 Å². The van der Waals surface area contributed by atoms with Gasteiger partial charge >= 0.3 is 0 Å². The van der Waals surface area contributed by atoms with Gasteiger partial charge in [0.2, 0.25) is 0 Å². The summed E-state index contributed by atoms with van der Waals surface area (Å²) in [4.78, 5) is 12.2. The van der Waals surface area contributed by atoms with Crippen molar-refractivity contribution in [2.45, 2.75) is 39.5 Å². The molecule has 1 heteroatoms. The maximum Gasteiger partial charge on any atom is 0.141 e. The zero-order chi connectivity index (χ0) is 14.5. The topological polar surface area (TPSA) is 17.1 Å². The van der Waals surface area contributed by atoms with Crippen LogP contribution in [0.15, 0.2) is 48.5 Å². The summed E-state index contributed by atoms with van der Waals surface area (Å²) in [5.41, 5.74) is 4.87. The van der Waals surface area contributed by atoms with E-state index >= 15 is 0 Å². The van der Waals surface area contributed by atoms with E-state index in [0.29, 0.717) is 18.8 Å². The number of carbonyl (C=O) groups excluding carboxylic acids is 1. The van der Waals surface area contributed by atoms with E-state index in [1.165, 1.54) is 11.1 Å². The zero-order valence-corrected chi connectivity index (χ0v) is 12.5. The third-order valence-electron chi connectivity index (χ3n) is 3.74. The molecule has 0 aliphatic heterocycles. The summed E-state index contributed by atoms with van der Waals surface area (Å²) in [5, 5.41) is 0. The number of benzene rings is 2. The van der Waals surface area contributed by atoms with Crippen molar-refractivity contribution in [2.75, 3.05) is 0 Å². The highest BCUT2D eigenvalue weighted by molar-refractivity contribution is 5.83. The SMILES string of the molecule is Cc1c(CC(=O)Cc2ccccc2)cccc1C(C)C. The summed E-state index contributed by atoms with van der Waals surface area (Å²) >= 11 is 0. The maximum absolute atomic E-state index is 12.2. The fraction of sp³-hybridized carbons (Fsp3) is 0.316. The van der Waals surface area contributed by atoms with Gasteiger partial charge in [-0.3, -0.25) is 4.79 Å². The Morgan fingerprint density at radius 1 is 0.950 bits per heavy atom. The van der Waals surface area contributed by atoms with Crippen LogP contribution in [-0.2, 0) is 17.6 Å². The number of hydrogen-bond donors (Lipinski definition) is 0. The highest BCUT2D eigenvalue weighted by Gasteiger charge is 2.11. The lowest BCUT2D eigenvalue weighted by Crippen LogP contribution is -2.08. The molecule has 0 radical (unpaired) electrons. The first-order chi connectivity index (χ1) is 9.58. The fourth-order valence-corrected chi connectivity index (χ4v) is 2.62. The van der Waals surface area contributed by atoms with Gasteiger partial charge in [0, 0.05) is 12.8 Å². The van der Waals surface area contributed by atoms with Crippen molar-refractivity contribution in [1.29, 1.82) is 0 Å². The molecule has 1 nitrogen and oxygen atoms in total. The van der Waals surface area contributed by atoms with Crippen LogP contribution in [0.4, 0.5) is 0 Å². The minimum atomic E-state index is 0.278. The number of Topliss-reactive ketones (excluding diaryl/α,β-unsaturated/α-hetero) is 1. The monoisotopic (exact) mass is 266 g/mol. The molecule has 0 heterocycles. The Balaban J connectivity index is 2.10. The summed E-state index contributed by atoms with van der Waals surface area (Å²) in [6.45, 7) is 6.51. The lowest BCUT2D eigenvalue weighted by molar-refractivity contribution is -0.117. The first-order valence-corrected chi connectivity index (χ1v) is 7.22. The minimum absolute atomic E-state index is 0.278. The Bertz CT molecular complexity index is 582. The standard InChI is InChI=1S/C19H22O/c1-14(2)19-11-7-10-17(15(19)3)13-18(20)12-16-8-5-4-6-9-16/h4-11,14H,12-13H2,1-3H3. The molecule has 2 aromatic carbocycles. The lowest BCUT2D eigenvalue weighted by Gasteiger charge is -2.13. The number of carbonyl (C=O) groups is 1. The predicted octanol–water partition coefficient (Wildman–Crippen LogP) is 4.47. The molecule has 0 bridgehead atoms. The van der Waals surface area contributed by atoms with Crippen LogP contribution >= 0.6 is 0 Å². The van der Waals surface area contributed by atoms with Crippen LogP contribution in [-0.4, -0.2) is 5.78 Å². The molecule has 0 unspecified atom stereocenters. The average Bonchev–Trinajstić information content (AvgIpc) is 2.42. The Morgan fingerprint density at radius 2 is 1.65 bits per heavy atom. The van der Waals surface area contributed by atoms with Gasteiger partial charge in [0.25, 0.3) is 0 Å². The van der Waals surface area contributed by atoms with Gasteiger partial charge in [0.05, 0.1) is 0 Å². The van der Waals surface area contributed by atoms with Crippen LogP contribution in [0.5, 0.6) is 0 Å². The third-order valence-corrected chi connectivity index (χ3v) is 3.74. The van der Waals surface area contributed by atoms with E-state index < -0.39 is 0 Å². The summed E-state index contributed by atoms with van der Waals surface area (Å²) < 4.78 is 0. The van der Waals surface area contributed by atoms with Crippen molar-refractivity contribution < 1.29 is 4.79 Å². The van der Waals surface area contributed by atoms with Gasteiger partial charge in [-0.05, 0) is 35.1 Å². The van der Waals surface area contributed by atoms with Gasteiger partial charge in [0.15, 0.2) is 0 Å². The van der Waals surface area contributed by atoms with Crippen molar-refractivity contribution in [2.24, 2.45) is 0 Å². The fourth-order valence-electron chi connectivity index (χ4n) is 2.62. The molecule has 0 amide bonds. The van der Waals surface area contributed by atoms with Crippen LogP contribution < -0.4 is 0 Å². The zero-order valence-electron chi connectivity index (χ0n) is 12.5. The van der Waals surface area contributed by atoms with Gasteiger partial charge in [0.1, 0.15) is 5.78 Å². The molecule has 0 saturated heterocycles. The number of ketones is 1. The van der Waals surface area contributed by atoms with Crippen molar-refractivity contribution in [3.05, 3.63) is 70.8 Å². The average molecular weight is 266 g/mol. The molecule has 0 fully saturated rings. The molecular formula is C19H22O. The highest BCUT2D eigenvalue weighted by atomic mass is 16.1. The Labute approximate surface area is 121 Å². The van der Waals surface area contributed by atoms with Crippen molar-refractivity contribution in [3.8, 4) is 0 Å². The summed E-state index contributed by atoms with van der Waals surface area (Å²) in [5.74, 6) is 0.777.